The summed E-state index contributed by atoms with van der Waals surface area (Å²) < 4.78 is 14.5. The summed E-state index contributed by atoms with van der Waals surface area (Å²) in [6.45, 7) is 1.94. The van der Waals surface area contributed by atoms with E-state index >= 15 is 0 Å². The Morgan fingerprint density at radius 1 is 0.932 bits per heavy atom. The second-order valence-electron chi connectivity index (χ2n) is 11.1. The van der Waals surface area contributed by atoms with Crippen LogP contribution in [0, 0.1) is 17.7 Å². The number of carbonyl (C=O) groups excluding carboxylic acids is 3. The Hall–Kier alpha value is -4.97. The van der Waals surface area contributed by atoms with Gasteiger partial charge in [0.15, 0.2) is 0 Å². The van der Waals surface area contributed by atoms with Gasteiger partial charge in [0.1, 0.15) is 11.9 Å². The number of rotatable bonds is 10. The Kier molecular flexibility index (Phi) is 9.70. The summed E-state index contributed by atoms with van der Waals surface area (Å²) in [6, 6.07) is 18.2. The molecule has 5 rings (SSSR count). The van der Waals surface area contributed by atoms with E-state index in [1.165, 1.54) is 19.1 Å². The molecular formula is C32H35FN8O3. The van der Waals surface area contributed by atoms with Crippen LogP contribution in [-0.4, -0.2) is 50.9 Å². The fraction of sp³-hybridized carbons (Fsp3) is 0.312. The van der Waals surface area contributed by atoms with Crippen LogP contribution in [0.1, 0.15) is 38.2 Å². The van der Waals surface area contributed by atoms with Crippen LogP contribution < -0.4 is 21.7 Å². The average Bonchev–Trinajstić information content (AvgIpc) is 3.57. The number of nitrogens with zero attached hydrogens (tertiary/aromatic N) is 3. The Morgan fingerprint density at radius 2 is 1.61 bits per heavy atom. The van der Waals surface area contributed by atoms with E-state index in [0.717, 1.165) is 42.4 Å². The number of halogens is 1. The van der Waals surface area contributed by atoms with Crippen molar-refractivity contribution in [1.29, 1.82) is 0 Å². The van der Waals surface area contributed by atoms with Gasteiger partial charge >= 0.3 is 0 Å². The molecule has 0 bridgehead atoms. The van der Waals surface area contributed by atoms with Crippen molar-refractivity contribution >= 4 is 29.1 Å². The SMILES string of the molecule is CC(=O)Nc1ccc(-c2ccc(C[C@H](NC(=O)C3CCC(CN)CC3)C(=O)Nc3ccc(-c4nn[nH]n4)cc3)cc2)cc1F. The van der Waals surface area contributed by atoms with E-state index in [0.29, 0.717) is 29.5 Å². The van der Waals surface area contributed by atoms with Gasteiger partial charge in [0.2, 0.25) is 23.5 Å². The first-order chi connectivity index (χ1) is 21.3. The molecule has 3 amide bonds. The summed E-state index contributed by atoms with van der Waals surface area (Å²) in [5.41, 5.74) is 9.47. The largest absolute Gasteiger partial charge is 0.344 e. The maximum atomic E-state index is 14.5. The molecule has 3 aromatic carbocycles. The van der Waals surface area contributed by atoms with Crippen LogP contribution >= 0.6 is 0 Å². The molecule has 0 radical (unpaired) electrons. The Labute approximate surface area is 254 Å². The lowest BCUT2D eigenvalue weighted by molar-refractivity contribution is -0.130. The third-order valence-electron chi connectivity index (χ3n) is 7.95. The van der Waals surface area contributed by atoms with Gasteiger partial charge in [-0.2, -0.15) is 5.21 Å². The molecule has 0 unspecified atom stereocenters. The highest BCUT2D eigenvalue weighted by Gasteiger charge is 2.29. The van der Waals surface area contributed by atoms with E-state index in [2.05, 4.69) is 36.6 Å². The van der Waals surface area contributed by atoms with Crippen LogP contribution in [0.5, 0.6) is 0 Å². The van der Waals surface area contributed by atoms with Gasteiger partial charge in [-0.05, 0) is 96.4 Å². The first-order valence-electron chi connectivity index (χ1n) is 14.6. The van der Waals surface area contributed by atoms with Crippen molar-refractivity contribution in [3.63, 3.8) is 0 Å². The van der Waals surface area contributed by atoms with Crippen LogP contribution in [0.25, 0.3) is 22.5 Å². The van der Waals surface area contributed by atoms with Crippen molar-refractivity contribution in [3.8, 4) is 22.5 Å². The number of nitrogens with one attached hydrogen (secondary N) is 4. The second-order valence-corrected chi connectivity index (χ2v) is 11.1. The summed E-state index contributed by atoms with van der Waals surface area (Å²) in [5, 5.41) is 22.3. The van der Waals surface area contributed by atoms with E-state index < -0.39 is 11.9 Å². The summed E-state index contributed by atoms with van der Waals surface area (Å²) in [4.78, 5) is 38.1. The second kappa shape index (κ2) is 14.0. The molecule has 44 heavy (non-hydrogen) atoms. The van der Waals surface area contributed by atoms with E-state index in [4.69, 9.17) is 5.73 Å². The maximum Gasteiger partial charge on any atom is 0.247 e. The van der Waals surface area contributed by atoms with E-state index in [1.807, 2.05) is 24.3 Å². The van der Waals surface area contributed by atoms with Gasteiger partial charge in [-0.25, -0.2) is 4.39 Å². The zero-order chi connectivity index (χ0) is 31.1. The molecule has 1 aliphatic carbocycles. The zero-order valence-electron chi connectivity index (χ0n) is 24.3. The molecule has 4 aromatic rings. The lowest BCUT2D eigenvalue weighted by atomic mass is 9.81. The Morgan fingerprint density at radius 3 is 2.23 bits per heavy atom. The minimum Gasteiger partial charge on any atom is -0.344 e. The van der Waals surface area contributed by atoms with Crippen molar-refractivity contribution in [1.82, 2.24) is 25.9 Å². The van der Waals surface area contributed by atoms with Crippen molar-refractivity contribution in [3.05, 3.63) is 78.1 Å². The topological polar surface area (TPSA) is 168 Å². The number of carbonyl (C=O) groups is 3. The number of anilines is 2. The van der Waals surface area contributed by atoms with Gasteiger partial charge in [0.25, 0.3) is 0 Å². The predicted molar refractivity (Wildman–Crippen MR) is 165 cm³/mol. The van der Waals surface area contributed by atoms with Gasteiger partial charge in [0.05, 0.1) is 5.69 Å². The van der Waals surface area contributed by atoms with Crippen LogP contribution in [0.4, 0.5) is 15.8 Å². The minimum atomic E-state index is -0.827. The number of hydrogen-bond acceptors (Lipinski definition) is 7. The number of hydrogen-bond donors (Lipinski definition) is 5. The highest BCUT2D eigenvalue weighted by molar-refractivity contribution is 5.97. The van der Waals surface area contributed by atoms with Gasteiger partial charge in [-0.15, -0.1) is 10.2 Å². The molecular weight excluding hydrogens is 563 g/mol. The number of H-pyrrole nitrogens is 1. The molecule has 1 aliphatic rings. The molecule has 228 valence electrons. The van der Waals surface area contributed by atoms with Crippen molar-refractivity contribution < 1.29 is 18.8 Å². The summed E-state index contributed by atoms with van der Waals surface area (Å²) >= 11 is 0. The van der Waals surface area contributed by atoms with Gasteiger partial charge in [0, 0.05) is 30.5 Å². The van der Waals surface area contributed by atoms with Crippen molar-refractivity contribution in [2.75, 3.05) is 17.2 Å². The maximum absolute atomic E-state index is 14.5. The molecule has 11 nitrogen and oxygen atoms in total. The molecule has 6 N–H and O–H groups in total. The quantitative estimate of drug-likeness (QED) is 0.183. The monoisotopic (exact) mass is 598 g/mol. The highest BCUT2D eigenvalue weighted by atomic mass is 19.1. The van der Waals surface area contributed by atoms with Crippen LogP contribution in [-0.2, 0) is 20.8 Å². The average molecular weight is 599 g/mol. The number of tetrazole rings is 1. The molecule has 1 aromatic heterocycles. The van der Waals surface area contributed by atoms with Crippen LogP contribution in [0.2, 0.25) is 0 Å². The lowest BCUT2D eigenvalue weighted by Gasteiger charge is -2.28. The molecule has 1 heterocycles. The smallest absolute Gasteiger partial charge is 0.247 e. The third kappa shape index (κ3) is 7.70. The first kappa shape index (κ1) is 30.5. The third-order valence-corrected chi connectivity index (χ3v) is 7.95. The lowest BCUT2D eigenvalue weighted by Crippen LogP contribution is -2.48. The number of amides is 3. The van der Waals surface area contributed by atoms with E-state index in [9.17, 15) is 18.8 Å². The van der Waals surface area contributed by atoms with Gasteiger partial charge in [-0.1, -0.05) is 30.3 Å². The predicted octanol–water partition coefficient (Wildman–Crippen LogP) is 4.06. The molecule has 1 fully saturated rings. The normalized spacial score (nSPS) is 17.0. The standard InChI is InChI=1S/C32H35FN8O3/c1-19(42)35-28-15-12-25(17-27(28)33)22-6-2-20(3-7-22)16-29(37-31(43)24-8-4-21(18-34)5-9-24)32(44)36-26-13-10-23(11-14-26)30-38-40-41-39-30/h2-3,6-7,10-15,17,21,24,29H,4-5,8-9,16,18,34H2,1H3,(H,35,42)(H,36,44)(H,37,43)(H,38,39,40,41)/t21?,24?,29-/m0/s1. The summed E-state index contributed by atoms with van der Waals surface area (Å²) in [7, 11) is 0. The Bertz CT molecular complexity index is 1580. The fourth-order valence-corrected chi connectivity index (χ4v) is 5.43. The van der Waals surface area contributed by atoms with Crippen molar-refractivity contribution in [2.24, 2.45) is 17.6 Å². The van der Waals surface area contributed by atoms with Crippen LogP contribution in [0.15, 0.2) is 66.7 Å². The zero-order valence-corrected chi connectivity index (χ0v) is 24.3. The van der Waals surface area contributed by atoms with Crippen LogP contribution in [0.3, 0.4) is 0 Å². The molecule has 12 heteroatoms. The molecule has 0 spiro atoms. The molecule has 1 atom stereocenters. The van der Waals surface area contributed by atoms with Gasteiger partial charge < -0.3 is 21.7 Å². The first-order valence-corrected chi connectivity index (χ1v) is 14.6. The van der Waals surface area contributed by atoms with Crippen molar-refractivity contribution in [2.45, 2.75) is 45.1 Å². The Balaban J connectivity index is 1.30. The van der Waals surface area contributed by atoms with E-state index in [-0.39, 0.29) is 35.7 Å². The fourth-order valence-electron chi connectivity index (χ4n) is 5.43. The number of aromatic nitrogens is 4. The van der Waals surface area contributed by atoms with Gasteiger partial charge in [-0.3, -0.25) is 14.4 Å². The number of nitrogens with two attached hydrogens (primary N) is 1. The minimum absolute atomic E-state index is 0.114. The van der Waals surface area contributed by atoms with E-state index in [1.54, 1.807) is 30.3 Å². The summed E-state index contributed by atoms with van der Waals surface area (Å²) in [6.07, 6.45) is 3.53. The molecule has 0 saturated heterocycles. The molecule has 1 saturated carbocycles. The molecule has 0 aliphatic heterocycles. The number of benzene rings is 3. The number of aromatic amines is 1. The summed E-state index contributed by atoms with van der Waals surface area (Å²) in [5.74, 6) is -0.669. The highest BCUT2D eigenvalue weighted by Crippen LogP contribution is 2.29.